The Hall–Kier alpha value is -4.65. The summed E-state index contributed by atoms with van der Waals surface area (Å²) in [5.41, 5.74) is 3.27. The lowest BCUT2D eigenvalue weighted by atomic mass is 9.96. The molecule has 0 saturated heterocycles. The normalized spacial score (nSPS) is 14.5. The second-order valence-electron chi connectivity index (χ2n) is 9.58. The van der Waals surface area contributed by atoms with Crippen LogP contribution >= 0.6 is 22.9 Å². The van der Waals surface area contributed by atoms with Crippen LogP contribution in [0, 0.1) is 11.3 Å². The van der Waals surface area contributed by atoms with Crippen LogP contribution in [0.15, 0.2) is 87.8 Å². The number of nitrogens with zero attached hydrogens (tertiary/aromatic N) is 3. The summed E-state index contributed by atoms with van der Waals surface area (Å²) in [4.78, 5) is 32.3. The van der Waals surface area contributed by atoms with Crippen molar-refractivity contribution < 1.29 is 19.0 Å². The summed E-state index contributed by atoms with van der Waals surface area (Å²) in [7, 11) is 0. The first kappa shape index (κ1) is 29.8. The number of hydrogen-bond donors (Lipinski definition) is 0. The lowest BCUT2D eigenvalue weighted by Crippen LogP contribution is -2.39. The third-order valence-corrected chi connectivity index (χ3v) is 7.98. The molecular formula is C33H28ClN3O5S. The molecule has 1 aliphatic heterocycles. The Morgan fingerprint density at radius 2 is 1.81 bits per heavy atom. The van der Waals surface area contributed by atoms with Crippen LogP contribution in [0.25, 0.3) is 6.08 Å². The lowest BCUT2D eigenvalue weighted by molar-refractivity contribution is -0.139. The number of nitriles is 1. The highest BCUT2D eigenvalue weighted by atomic mass is 35.5. The summed E-state index contributed by atoms with van der Waals surface area (Å²) >= 11 is 7.56. The zero-order valence-corrected chi connectivity index (χ0v) is 25.4. The van der Waals surface area contributed by atoms with Crippen molar-refractivity contribution in [3.05, 3.63) is 125 Å². The average Bonchev–Trinajstić information content (AvgIpc) is 3.30. The van der Waals surface area contributed by atoms with E-state index in [4.69, 9.17) is 31.1 Å². The molecule has 0 fully saturated rings. The molecule has 0 N–H and O–H groups in total. The van der Waals surface area contributed by atoms with Crippen LogP contribution in [-0.4, -0.2) is 23.8 Å². The van der Waals surface area contributed by atoms with Crippen molar-refractivity contribution in [3.63, 3.8) is 0 Å². The van der Waals surface area contributed by atoms with Gasteiger partial charge in [-0.3, -0.25) is 9.36 Å². The predicted molar refractivity (Wildman–Crippen MR) is 165 cm³/mol. The molecule has 0 unspecified atom stereocenters. The number of hydrogen-bond acceptors (Lipinski definition) is 8. The van der Waals surface area contributed by atoms with E-state index in [1.165, 1.54) is 15.9 Å². The van der Waals surface area contributed by atoms with E-state index in [2.05, 4.69) is 11.1 Å². The number of halogens is 1. The molecule has 0 spiro atoms. The van der Waals surface area contributed by atoms with E-state index in [1.807, 2.05) is 43.3 Å². The number of thiazole rings is 1. The standard InChI is InChI=1S/C33H28ClN3O5S/c1-4-40-26-13-10-23(11-14-26)30-29(32(39)41-5-2)20(3)36-33-37(30)31(38)28(43-33)17-24-16-25(34)12-15-27(24)42-19-22-8-6-21(18-35)7-9-22/h6-17,30H,4-5,19H2,1-3H3/b28-17-/t30-/m1/s1. The maximum absolute atomic E-state index is 14.0. The molecule has 0 radical (unpaired) electrons. The van der Waals surface area contributed by atoms with Crippen molar-refractivity contribution in [3.8, 4) is 17.6 Å². The van der Waals surface area contributed by atoms with Crippen molar-refractivity contribution in [2.75, 3.05) is 13.2 Å². The summed E-state index contributed by atoms with van der Waals surface area (Å²) in [5, 5.41) is 9.54. The van der Waals surface area contributed by atoms with E-state index in [0.717, 1.165) is 11.1 Å². The van der Waals surface area contributed by atoms with Gasteiger partial charge in [0.15, 0.2) is 4.80 Å². The van der Waals surface area contributed by atoms with Gasteiger partial charge in [0.2, 0.25) is 0 Å². The number of ether oxygens (including phenoxy) is 3. The fourth-order valence-corrected chi connectivity index (χ4v) is 5.98. The second-order valence-corrected chi connectivity index (χ2v) is 11.0. The zero-order chi connectivity index (χ0) is 30.5. The Morgan fingerprint density at radius 3 is 2.49 bits per heavy atom. The molecule has 218 valence electrons. The highest BCUT2D eigenvalue weighted by molar-refractivity contribution is 7.07. The topological polar surface area (TPSA) is 103 Å². The van der Waals surface area contributed by atoms with Crippen molar-refractivity contribution in [1.29, 1.82) is 5.26 Å². The van der Waals surface area contributed by atoms with Crippen molar-refractivity contribution in [2.24, 2.45) is 4.99 Å². The fraction of sp³-hybridized carbons (Fsp3) is 0.212. The van der Waals surface area contributed by atoms with Gasteiger partial charge in [-0.05, 0) is 80.4 Å². The van der Waals surface area contributed by atoms with Crippen LogP contribution in [0.3, 0.4) is 0 Å². The van der Waals surface area contributed by atoms with E-state index < -0.39 is 12.0 Å². The van der Waals surface area contributed by atoms with Crippen LogP contribution in [0.5, 0.6) is 11.5 Å². The monoisotopic (exact) mass is 613 g/mol. The van der Waals surface area contributed by atoms with Gasteiger partial charge >= 0.3 is 5.97 Å². The molecule has 0 amide bonds. The Labute approximate surface area is 257 Å². The number of esters is 1. The molecule has 1 atom stereocenters. The van der Waals surface area contributed by atoms with Crippen molar-refractivity contribution in [1.82, 2.24) is 4.57 Å². The highest BCUT2D eigenvalue weighted by Crippen LogP contribution is 2.32. The Balaban J connectivity index is 1.59. The third-order valence-electron chi connectivity index (χ3n) is 6.76. The van der Waals surface area contributed by atoms with E-state index in [-0.39, 0.29) is 18.8 Å². The minimum absolute atomic E-state index is 0.191. The number of benzene rings is 3. The molecule has 8 nitrogen and oxygen atoms in total. The van der Waals surface area contributed by atoms with Crippen molar-refractivity contribution >= 4 is 35.0 Å². The van der Waals surface area contributed by atoms with Crippen LogP contribution in [0.4, 0.5) is 0 Å². The number of fused-ring (bicyclic) bond motifs is 1. The number of aromatic nitrogens is 1. The quantitative estimate of drug-likeness (QED) is 0.237. The van der Waals surface area contributed by atoms with Crippen LogP contribution < -0.4 is 24.4 Å². The molecule has 2 heterocycles. The van der Waals surface area contributed by atoms with Crippen LogP contribution in [0.1, 0.15) is 49.1 Å². The van der Waals surface area contributed by atoms with E-state index in [1.54, 1.807) is 50.3 Å². The summed E-state index contributed by atoms with van der Waals surface area (Å²) in [6.45, 7) is 6.36. The van der Waals surface area contributed by atoms with Gasteiger partial charge in [0, 0.05) is 10.6 Å². The molecule has 0 bridgehead atoms. The lowest BCUT2D eigenvalue weighted by Gasteiger charge is -2.24. The van der Waals surface area contributed by atoms with Crippen LogP contribution in [0.2, 0.25) is 5.02 Å². The number of carbonyl (C=O) groups is 1. The van der Waals surface area contributed by atoms with Gasteiger partial charge in [0.1, 0.15) is 18.1 Å². The summed E-state index contributed by atoms with van der Waals surface area (Å²) in [6, 6.07) is 21.0. The van der Waals surface area contributed by atoms with Crippen LogP contribution in [-0.2, 0) is 16.1 Å². The predicted octanol–water partition coefficient (Wildman–Crippen LogP) is 5.30. The molecule has 3 aromatic carbocycles. The molecule has 0 aliphatic carbocycles. The maximum atomic E-state index is 14.0. The largest absolute Gasteiger partial charge is 0.494 e. The second kappa shape index (κ2) is 13.1. The molecule has 0 saturated carbocycles. The number of rotatable bonds is 9. The summed E-state index contributed by atoms with van der Waals surface area (Å²) in [5.74, 6) is 0.697. The molecule has 1 aromatic heterocycles. The number of carbonyl (C=O) groups excluding carboxylic acids is 1. The van der Waals surface area contributed by atoms with Gasteiger partial charge in [-0.1, -0.05) is 47.2 Å². The number of allylic oxidation sites excluding steroid dienone is 1. The average molecular weight is 614 g/mol. The first-order valence-electron chi connectivity index (χ1n) is 13.7. The molecule has 1 aliphatic rings. The fourth-order valence-electron chi connectivity index (χ4n) is 4.76. The van der Waals surface area contributed by atoms with Gasteiger partial charge in [-0.2, -0.15) is 5.26 Å². The van der Waals surface area contributed by atoms with E-state index in [0.29, 0.717) is 54.9 Å². The first-order chi connectivity index (χ1) is 20.8. The summed E-state index contributed by atoms with van der Waals surface area (Å²) < 4.78 is 19.0. The third kappa shape index (κ3) is 6.41. The Kier molecular flexibility index (Phi) is 9.10. The zero-order valence-electron chi connectivity index (χ0n) is 23.8. The van der Waals surface area contributed by atoms with Crippen molar-refractivity contribution in [2.45, 2.75) is 33.4 Å². The minimum Gasteiger partial charge on any atom is -0.494 e. The molecule has 4 aromatic rings. The summed E-state index contributed by atoms with van der Waals surface area (Å²) in [6.07, 6.45) is 1.72. The van der Waals surface area contributed by atoms with Gasteiger partial charge < -0.3 is 14.2 Å². The van der Waals surface area contributed by atoms with Gasteiger partial charge in [0.05, 0.1) is 46.7 Å². The highest BCUT2D eigenvalue weighted by Gasteiger charge is 2.33. The van der Waals surface area contributed by atoms with Gasteiger partial charge in [-0.15, -0.1) is 0 Å². The van der Waals surface area contributed by atoms with E-state index >= 15 is 0 Å². The SMILES string of the molecule is CCOC(=O)C1=C(C)N=c2s/c(=C\c3cc(Cl)ccc3OCc3ccc(C#N)cc3)c(=O)n2[C@@H]1c1ccc(OCC)cc1. The molecule has 43 heavy (non-hydrogen) atoms. The first-order valence-corrected chi connectivity index (χ1v) is 14.9. The molecular weight excluding hydrogens is 586 g/mol. The smallest absolute Gasteiger partial charge is 0.338 e. The Bertz CT molecular complexity index is 1920. The molecule has 10 heteroatoms. The Morgan fingerprint density at radius 1 is 1.07 bits per heavy atom. The minimum atomic E-state index is -0.736. The van der Waals surface area contributed by atoms with Gasteiger partial charge in [0.25, 0.3) is 5.56 Å². The van der Waals surface area contributed by atoms with E-state index in [9.17, 15) is 9.59 Å². The molecule has 5 rings (SSSR count). The van der Waals surface area contributed by atoms with Gasteiger partial charge in [-0.25, -0.2) is 9.79 Å². The maximum Gasteiger partial charge on any atom is 0.338 e.